The Morgan fingerprint density at radius 1 is 1.24 bits per heavy atom. The fourth-order valence-corrected chi connectivity index (χ4v) is 3.24. The molecule has 3 N–H and O–H groups in total. The van der Waals surface area contributed by atoms with Gasteiger partial charge in [0.2, 0.25) is 5.91 Å². The normalized spacial score (nSPS) is 21.2. The summed E-state index contributed by atoms with van der Waals surface area (Å²) in [6.45, 7) is 7.62. The number of benzene rings is 1. The van der Waals surface area contributed by atoms with E-state index in [9.17, 15) is 14.7 Å². The van der Waals surface area contributed by atoms with Crippen LogP contribution in [0.5, 0.6) is 0 Å². The quantitative estimate of drug-likeness (QED) is 0.774. The zero-order valence-corrected chi connectivity index (χ0v) is 14.7. The average molecular weight is 342 g/mol. The third kappa shape index (κ3) is 3.01. The lowest BCUT2D eigenvalue weighted by molar-refractivity contribution is -0.140. The van der Waals surface area contributed by atoms with Gasteiger partial charge in [-0.05, 0) is 17.5 Å². The van der Waals surface area contributed by atoms with E-state index < -0.39 is 23.2 Å². The molecule has 25 heavy (non-hydrogen) atoms. The minimum absolute atomic E-state index is 0.214. The number of rotatable bonds is 5. The molecule has 132 valence electrons. The van der Waals surface area contributed by atoms with Gasteiger partial charge in [0, 0.05) is 11.5 Å². The zero-order chi connectivity index (χ0) is 18.4. The van der Waals surface area contributed by atoms with Crippen LogP contribution in [0.1, 0.15) is 39.4 Å². The second-order valence-corrected chi connectivity index (χ2v) is 7.35. The molecule has 0 aliphatic heterocycles. The van der Waals surface area contributed by atoms with Gasteiger partial charge in [-0.2, -0.15) is 5.10 Å². The van der Waals surface area contributed by atoms with Gasteiger partial charge in [-0.25, -0.2) is 4.98 Å². The van der Waals surface area contributed by atoms with Crippen molar-refractivity contribution in [1.82, 2.24) is 15.2 Å². The fraction of sp³-hybridized carbons (Fsp3) is 0.444. The molecule has 7 heteroatoms. The largest absolute Gasteiger partial charge is 0.481 e. The predicted octanol–water partition coefficient (Wildman–Crippen LogP) is 2.89. The molecule has 2 atom stereocenters. The summed E-state index contributed by atoms with van der Waals surface area (Å²) in [5, 5.41) is 19.2. The molecular weight excluding hydrogens is 320 g/mol. The van der Waals surface area contributed by atoms with Crippen molar-refractivity contribution in [3.8, 4) is 11.4 Å². The first-order valence-electron chi connectivity index (χ1n) is 8.29. The van der Waals surface area contributed by atoms with E-state index in [1.165, 1.54) is 0 Å². The highest BCUT2D eigenvalue weighted by Crippen LogP contribution is 2.58. The molecule has 0 saturated heterocycles. The summed E-state index contributed by atoms with van der Waals surface area (Å²) in [7, 11) is 0. The Bertz CT molecular complexity index is 825. The van der Waals surface area contributed by atoms with Crippen LogP contribution >= 0.6 is 0 Å². The van der Waals surface area contributed by atoms with Crippen LogP contribution in [0.4, 0.5) is 5.69 Å². The van der Waals surface area contributed by atoms with E-state index in [2.05, 4.69) is 20.5 Å². The van der Waals surface area contributed by atoms with Crippen molar-refractivity contribution in [3.63, 3.8) is 0 Å². The maximum absolute atomic E-state index is 12.6. The number of aromatic nitrogens is 3. The highest BCUT2D eigenvalue weighted by molar-refractivity contribution is 6.01. The van der Waals surface area contributed by atoms with Crippen LogP contribution in [0.3, 0.4) is 0 Å². The molecule has 0 spiro atoms. The topological polar surface area (TPSA) is 108 Å². The third-order valence-corrected chi connectivity index (χ3v) is 4.85. The maximum atomic E-state index is 12.6. The minimum Gasteiger partial charge on any atom is -0.481 e. The van der Waals surface area contributed by atoms with Gasteiger partial charge in [-0.3, -0.25) is 14.7 Å². The number of carboxylic acid groups (broad SMARTS) is 1. The first-order chi connectivity index (χ1) is 11.7. The Balaban J connectivity index is 1.84. The number of aromatic amines is 1. The average Bonchev–Trinajstić information content (AvgIpc) is 2.91. The molecule has 1 aromatic heterocycles. The van der Waals surface area contributed by atoms with Crippen LogP contribution in [0.2, 0.25) is 0 Å². The molecule has 2 aromatic rings. The Kier molecular flexibility index (Phi) is 4.10. The number of H-pyrrole nitrogens is 1. The molecular formula is C18H22N4O3. The molecule has 1 amide bonds. The van der Waals surface area contributed by atoms with Crippen molar-refractivity contribution in [3.05, 3.63) is 30.1 Å². The van der Waals surface area contributed by atoms with Crippen molar-refractivity contribution in [1.29, 1.82) is 0 Å². The van der Waals surface area contributed by atoms with Gasteiger partial charge >= 0.3 is 5.97 Å². The number of carbonyl (C=O) groups excluding carboxylic acids is 1. The maximum Gasteiger partial charge on any atom is 0.307 e. The van der Waals surface area contributed by atoms with E-state index in [0.717, 1.165) is 5.82 Å². The van der Waals surface area contributed by atoms with Gasteiger partial charge in [0.15, 0.2) is 5.82 Å². The van der Waals surface area contributed by atoms with Crippen LogP contribution in [0, 0.1) is 17.3 Å². The van der Waals surface area contributed by atoms with Gasteiger partial charge in [0.1, 0.15) is 5.82 Å². The van der Waals surface area contributed by atoms with E-state index in [0.29, 0.717) is 17.1 Å². The lowest BCUT2D eigenvalue weighted by atomic mass is 10.1. The van der Waals surface area contributed by atoms with Crippen LogP contribution < -0.4 is 5.32 Å². The van der Waals surface area contributed by atoms with E-state index in [4.69, 9.17) is 0 Å². The Morgan fingerprint density at radius 2 is 1.92 bits per heavy atom. The first kappa shape index (κ1) is 17.1. The number of amides is 1. The standard InChI is InChI=1S/C18H22N4O3/c1-9(2)14-20-15(22-21-14)10-7-5-6-8-11(10)19-16(23)12-13(17(24)25)18(12,3)4/h5-9,12-13H,1-4H3,(H,19,23)(H,24,25)(H,20,21,22)/t12-,13-/m1/s1. The van der Waals surface area contributed by atoms with Crippen molar-refractivity contribution < 1.29 is 14.7 Å². The summed E-state index contributed by atoms with van der Waals surface area (Å²) in [6, 6.07) is 7.25. The van der Waals surface area contributed by atoms with Crippen LogP contribution in [0.25, 0.3) is 11.4 Å². The number of hydrogen-bond acceptors (Lipinski definition) is 4. The zero-order valence-electron chi connectivity index (χ0n) is 14.7. The minimum atomic E-state index is -0.936. The van der Waals surface area contributed by atoms with Crippen LogP contribution in [0.15, 0.2) is 24.3 Å². The van der Waals surface area contributed by atoms with E-state index in [1.54, 1.807) is 19.9 Å². The smallest absolute Gasteiger partial charge is 0.307 e. The Hall–Kier alpha value is -2.70. The molecule has 1 aromatic carbocycles. The summed E-state index contributed by atoms with van der Waals surface area (Å²) < 4.78 is 0. The number of carbonyl (C=O) groups is 2. The lowest BCUT2D eigenvalue weighted by Crippen LogP contribution is -2.18. The first-order valence-corrected chi connectivity index (χ1v) is 8.29. The van der Waals surface area contributed by atoms with Gasteiger partial charge in [0.25, 0.3) is 0 Å². The van der Waals surface area contributed by atoms with Crippen molar-refractivity contribution >= 4 is 17.6 Å². The Morgan fingerprint density at radius 3 is 2.48 bits per heavy atom. The number of aliphatic carboxylic acids is 1. The predicted molar refractivity (Wildman–Crippen MR) is 92.9 cm³/mol. The molecule has 1 heterocycles. The highest BCUT2D eigenvalue weighted by Gasteiger charge is 2.65. The number of nitrogens with zero attached hydrogens (tertiary/aromatic N) is 2. The highest BCUT2D eigenvalue weighted by atomic mass is 16.4. The molecule has 1 saturated carbocycles. The van der Waals surface area contributed by atoms with Crippen molar-refractivity contribution in [2.45, 2.75) is 33.6 Å². The van der Waals surface area contributed by atoms with Gasteiger partial charge < -0.3 is 10.4 Å². The molecule has 0 bridgehead atoms. The third-order valence-electron chi connectivity index (χ3n) is 4.85. The molecule has 7 nitrogen and oxygen atoms in total. The number of hydrogen-bond donors (Lipinski definition) is 3. The monoisotopic (exact) mass is 342 g/mol. The van der Waals surface area contributed by atoms with E-state index in [-0.39, 0.29) is 11.8 Å². The van der Waals surface area contributed by atoms with Gasteiger partial charge in [-0.15, -0.1) is 0 Å². The van der Waals surface area contributed by atoms with Crippen LogP contribution in [-0.4, -0.2) is 32.2 Å². The molecule has 1 fully saturated rings. The van der Waals surface area contributed by atoms with Crippen molar-refractivity contribution in [2.75, 3.05) is 5.32 Å². The second-order valence-electron chi connectivity index (χ2n) is 7.35. The van der Waals surface area contributed by atoms with Crippen LogP contribution in [-0.2, 0) is 9.59 Å². The SMILES string of the molecule is CC(C)c1nc(-c2ccccc2NC(=O)[C@H]2[C@H](C(=O)O)C2(C)C)n[nH]1. The van der Waals surface area contributed by atoms with E-state index in [1.807, 2.05) is 32.0 Å². The van der Waals surface area contributed by atoms with E-state index >= 15 is 0 Å². The lowest BCUT2D eigenvalue weighted by Gasteiger charge is -2.09. The summed E-state index contributed by atoms with van der Waals surface area (Å²) in [4.78, 5) is 28.3. The summed E-state index contributed by atoms with van der Waals surface area (Å²) in [5.74, 6) is -0.938. The van der Waals surface area contributed by atoms with Gasteiger partial charge in [0.05, 0.1) is 17.5 Å². The Labute approximate surface area is 145 Å². The number of para-hydroxylation sites is 1. The summed E-state index contributed by atoms with van der Waals surface area (Å²) >= 11 is 0. The summed E-state index contributed by atoms with van der Waals surface area (Å²) in [5.41, 5.74) is 0.734. The molecule has 0 unspecified atom stereocenters. The molecule has 1 aliphatic carbocycles. The second kappa shape index (κ2) is 5.98. The molecule has 1 aliphatic rings. The van der Waals surface area contributed by atoms with Crippen molar-refractivity contribution in [2.24, 2.45) is 17.3 Å². The molecule has 0 radical (unpaired) electrons. The molecule has 3 rings (SSSR count). The van der Waals surface area contributed by atoms with Gasteiger partial charge in [-0.1, -0.05) is 39.8 Å². The number of carboxylic acids is 1. The fourth-order valence-electron chi connectivity index (χ4n) is 3.24. The number of anilines is 1. The number of nitrogens with one attached hydrogen (secondary N) is 2. The summed E-state index contributed by atoms with van der Waals surface area (Å²) in [6.07, 6.45) is 0.